The SMILES string of the molecule is O=C(CN1C(=O)SC(=Cc2ccc[nH]2)C1=O)Nc1ccccc1. The quantitative estimate of drug-likeness (QED) is 0.846. The van der Waals surface area contributed by atoms with Gasteiger partial charge in [-0.2, -0.15) is 0 Å². The van der Waals surface area contributed by atoms with Crippen LogP contribution in [0.2, 0.25) is 0 Å². The van der Waals surface area contributed by atoms with Gasteiger partial charge in [-0.15, -0.1) is 0 Å². The maximum atomic E-state index is 12.3. The van der Waals surface area contributed by atoms with Gasteiger partial charge in [-0.3, -0.25) is 19.3 Å². The first-order chi connectivity index (χ1) is 11.1. The van der Waals surface area contributed by atoms with Gasteiger partial charge in [-0.05, 0) is 42.1 Å². The number of hydrogen-bond donors (Lipinski definition) is 2. The summed E-state index contributed by atoms with van der Waals surface area (Å²) in [6.45, 7) is -0.304. The Morgan fingerprint density at radius 2 is 1.96 bits per heavy atom. The van der Waals surface area contributed by atoms with E-state index >= 15 is 0 Å². The number of aromatic amines is 1. The lowest BCUT2D eigenvalue weighted by molar-refractivity contribution is -0.127. The van der Waals surface area contributed by atoms with E-state index in [0.717, 1.165) is 22.4 Å². The van der Waals surface area contributed by atoms with Crippen LogP contribution in [0.25, 0.3) is 6.08 Å². The largest absolute Gasteiger partial charge is 0.362 e. The van der Waals surface area contributed by atoms with Crippen molar-refractivity contribution in [2.24, 2.45) is 0 Å². The molecule has 0 atom stereocenters. The summed E-state index contributed by atoms with van der Waals surface area (Å²) in [7, 11) is 0. The van der Waals surface area contributed by atoms with Crippen molar-refractivity contribution < 1.29 is 14.4 Å². The maximum absolute atomic E-state index is 12.3. The molecule has 0 radical (unpaired) electrons. The second kappa shape index (κ2) is 6.53. The van der Waals surface area contributed by atoms with E-state index in [1.54, 1.807) is 48.7 Å². The van der Waals surface area contributed by atoms with Crippen LogP contribution in [0.4, 0.5) is 10.5 Å². The van der Waals surface area contributed by atoms with Crippen molar-refractivity contribution in [1.82, 2.24) is 9.88 Å². The normalized spacial score (nSPS) is 16.2. The van der Waals surface area contributed by atoms with Gasteiger partial charge in [0.05, 0.1) is 4.91 Å². The first-order valence-corrected chi connectivity index (χ1v) is 7.69. The molecule has 1 aromatic heterocycles. The first-order valence-electron chi connectivity index (χ1n) is 6.87. The van der Waals surface area contributed by atoms with Gasteiger partial charge >= 0.3 is 0 Å². The summed E-state index contributed by atoms with van der Waals surface area (Å²) in [6.07, 6.45) is 3.32. The molecule has 0 unspecified atom stereocenters. The fourth-order valence-corrected chi connectivity index (χ4v) is 2.91. The Bertz CT molecular complexity index is 769. The standard InChI is InChI=1S/C16H13N3O3S/c20-14(18-11-5-2-1-3-6-11)10-19-15(21)13(23-16(19)22)9-12-7-4-8-17-12/h1-9,17H,10H2,(H,18,20). The number of thioether (sulfide) groups is 1. The lowest BCUT2D eigenvalue weighted by Crippen LogP contribution is -2.36. The number of aromatic nitrogens is 1. The zero-order valence-electron chi connectivity index (χ0n) is 12.0. The van der Waals surface area contributed by atoms with Crippen molar-refractivity contribution in [3.8, 4) is 0 Å². The van der Waals surface area contributed by atoms with E-state index in [2.05, 4.69) is 10.3 Å². The molecule has 116 valence electrons. The van der Waals surface area contributed by atoms with Crippen molar-refractivity contribution in [3.63, 3.8) is 0 Å². The zero-order chi connectivity index (χ0) is 16.2. The predicted molar refractivity (Wildman–Crippen MR) is 88.5 cm³/mol. The van der Waals surface area contributed by atoms with Crippen molar-refractivity contribution in [2.45, 2.75) is 0 Å². The fraction of sp³-hybridized carbons (Fsp3) is 0.0625. The van der Waals surface area contributed by atoms with Gasteiger partial charge in [0.15, 0.2) is 0 Å². The van der Waals surface area contributed by atoms with Crippen LogP contribution in [0, 0.1) is 0 Å². The highest BCUT2D eigenvalue weighted by Gasteiger charge is 2.36. The number of anilines is 1. The number of nitrogens with one attached hydrogen (secondary N) is 2. The van der Waals surface area contributed by atoms with Crippen LogP contribution < -0.4 is 5.32 Å². The second-order valence-corrected chi connectivity index (χ2v) is 5.80. The van der Waals surface area contributed by atoms with Crippen LogP contribution in [0.1, 0.15) is 5.69 Å². The third kappa shape index (κ3) is 3.51. The fourth-order valence-electron chi connectivity index (χ4n) is 2.08. The van der Waals surface area contributed by atoms with Crippen molar-refractivity contribution in [1.29, 1.82) is 0 Å². The molecule has 2 aromatic rings. The van der Waals surface area contributed by atoms with E-state index < -0.39 is 17.1 Å². The molecule has 2 heterocycles. The Morgan fingerprint density at radius 3 is 2.65 bits per heavy atom. The molecule has 1 saturated heterocycles. The van der Waals surface area contributed by atoms with Gasteiger partial charge in [-0.1, -0.05) is 18.2 Å². The minimum Gasteiger partial charge on any atom is -0.362 e. The van der Waals surface area contributed by atoms with Crippen LogP contribution in [-0.4, -0.2) is 33.5 Å². The molecule has 1 aliphatic heterocycles. The third-order valence-corrected chi connectivity index (χ3v) is 4.05. The maximum Gasteiger partial charge on any atom is 0.294 e. The van der Waals surface area contributed by atoms with Crippen LogP contribution in [-0.2, 0) is 9.59 Å². The average Bonchev–Trinajstić information content (AvgIpc) is 3.13. The van der Waals surface area contributed by atoms with E-state index in [9.17, 15) is 14.4 Å². The molecule has 0 aliphatic carbocycles. The molecule has 0 spiro atoms. The number of imide groups is 1. The number of carbonyl (C=O) groups is 3. The Balaban J connectivity index is 1.67. The molecule has 1 fully saturated rings. The number of amides is 3. The summed E-state index contributed by atoms with van der Waals surface area (Å²) < 4.78 is 0. The Labute approximate surface area is 136 Å². The summed E-state index contributed by atoms with van der Waals surface area (Å²) >= 11 is 0.827. The minimum absolute atomic E-state index is 0.296. The van der Waals surface area contributed by atoms with Gasteiger partial charge in [0.25, 0.3) is 11.1 Å². The monoisotopic (exact) mass is 327 g/mol. The van der Waals surface area contributed by atoms with E-state index in [4.69, 9.17) is 0 Å². The van der Waals surface area contributed by atoms with E-state index in [-0.39, 0.29) is 6.54 Å². The van der Waals surface area contributed by atoms with Crippen LogP contribution in [0.15, 0.2) is 53.6 Å². The lowest BCUT2D eigenvalue weighted by atomic mass is 10.3. The minimum atomic E-state index is -0.460. The van der Waals surface area contributed by atoms with Gasteiger partial charge < -0.3 is 10.3 Å². The van der Waals surface area contributed by atoms with Crippen LogP contribution >= 0.6 is 11.8 Å². The molecule has 23 heavy (non-hydrogen) atoms. The molecule has 1 aromatic carbocycles. The number of benzene rings is 1. The number of para-hydroxylation sites is 1. The number of nitrogens with zero attached hydrogens (tertiary/aromatic N) is 1. The molecule has 7 heteroatoms. The molecular formula is C16H13N3O3S. The van der Waals surface area contributed by atoms with Crippen LogP contribution in [0.5, 0.6) is 0 Å². The van der Waals surface area contributed by atoms with Gasteiger partial charge in [0.1, 0.15) is 6.54 Å². The highest BCUT2D eigenvalue weighted by atomic mass is 32.2. The summed E-state index contributed by atoms with van der Waals surface area (Å²) in [5.74, 6) is -0.877. The first kappa shape index (κ1) is 15.1. The average molecular weight is 327 g/mol. The predicted octanol–water partition coefficient (Wildman–Crippen LogP) is 2.69. The zero-order valence-corrected chi connectivity index (χ0v) is 12.8. The Hall–Kier alpha value is -2.80. The molecule has 1 aliphatic rings. The van der Waals surface area contributed by atoms with Crippen LogP contribution in [0.3, 0.4) is 0 Å². The number of hydrogen-bond acceptors (Lipinski definition) is 4. The molecule has 3 rings (SSSR count). The molecule has 3 amide bonds. The highest BCUT2D eigenvalue weighted by Crippen LogP contribution is 2.31. The Kier molecular flexibility index (Phi) is 4.29. The Morgan fingerprint density at radius 1 is 1.17 bits per heavy atom. The molecular weight excluding hydrogens is 314 g/mol. The number of H-pyrrole nitrogens is 1. The molecule has 6 nitrogen and oxygen atoms in total. The molecule has 0 bridgehead atoms. The van der Waals surface area contributed by atoms with Crippen molar-refractivity contribution in [2.75, 3.05) is 11.9 Å². The lowest BCUT2D eigenvalue weighted by Gasteiger charge is -2.12. The van der Waals surface area contributed by atoms with Gasteiger partial charge in [0, 0.05) is 17.6 Å². The van der Waals surface area contributed by atoms with Crippen molar-refractivity contribution in [3.05, 3.63) is 59.3 Å². The second-order valence-electron chi connectivity index (χ2n) is 4.81. The van der Waals surface area contributed by atoms with E-state index in [1.807, 2.05) is 6.07 Å². The third-order valence-electron chi connectivity index (χ3n) is 3.14. The summed E-state index contributed by atoms with van der Waals surface area (Å²) in [5, 5.41) is 2.20. The molecule has 2 N–H and O–H groups in total. The number of rotatable bonds is 4. The smallest absolute Gasteiger partial charge is 0.294 e. The van der Waals surface area contributed by atoms with Gasteiger partial charge in [-0.25, -0.2) is 0 Å². The topological polar surface area (TPSA) is 82.3 Å². The van der Waals surface area contributed by atoms with Crippen molar-refractivity contribution >= 4 is 40.6 Å². The summed E-state index contributed by atoms with van der Waals surface area (Å²) in [4.78, 5) is 40.4. The summed E-state index contributed by atoms with van der Waals surface area (Å²) in [6, 6.07) is 12.5. The van der Waals surface area contributed by atoms with E-state index in [0.29, 0.717) is 10.6 Å². The molecule has 0 saturated carbocycles. The van der Waals surface area contributed by atoms with E-state index in [1.165, 1.54) is 0 Å². The van der Waals surface area contributed by atoms with Gasteiger partial charge in [0.2, 0.25) is 5.91 Å². The number of carbonyl (C=O) groups excluding carboxylic acids is 3. The summed E-state index contributed by atoms with van der Waals surface area (Å²) in [5.41, 5.74) is 1.34. The highest BCUT2D eigenvalue weighted by molar-refractivity contribution is 8.18.